The summed E-state index contributed by atoms with van der Waals surface area (Å²) in [6.07, 6.45) is 1.60. The number of nitrogens with zero attached hydrogens (tertiary/aromatic N) is 2. The summed E-state index contributed by atoms with van der Waals surface area (Å²) in [5.74, 6) is 0.937. The first-order valence-electron chi connectivity index (χ1n) is 3.60. The van der Waals surface area contributed by atoms with Crippen molar-refractivity contribution in [2.24, 2.45) is 0 Å². The minimum atomic E-state index is 0.352. The molecule has 0 bridgehead atoms. The summed E-state index contributed by atoms with van der Waals surface area (Å²) in [4.78, 5) is 3.90. The fourth-order valence-electron chi connectivity index (χ4n) is 0.947. The molecule has 0 radical (unpaired) electrons. The zero-order valence-corrected chi connectivity index (χ0v) is 7.32. The van der Waals surface area contributed by atoms with E-state index in [0.29, 0.717) is 16.7 Å². The van der Waals surface area contributed by atoms with E-state index in [1.54, 1.807) is 24.4 Å². The maximum atomic E-state index is 5.62. The lowest BCUT2D eigenvalue weighted by Gasteiger charge is -1.92. The first-order valence-corrected chi connectivity index (χ1v) is 3.97. The van der Waals surface area contributed by atoms with Gasteiger partial charge in [-0.25, -0.2) is 4.98 Å². The van der Waals surface area contributed by atoms with Crippen LogP contribution in [-0.4, -0.2) is 10.1 Å². The summed E-state index contributed by atoms with van der Waals surface area (Å²) < 4.78 is 4.93. The van der Waals surface area contributed by atoms with Crippen LogP contribution in [0.2, 0.25) is 5.15 Å². The SMILES string of the molecule is Nc1cc(-c2ccc(Cl)nc2)on1. The average Bonchev–Trinajstić information content (AvgIpc) is 2.53. The molecular formula is C8H6ClN3O. The Morgan fingerprint density at radius 1 is 1.38 bits per heavy atom. The normalized spacial score (nSPS) is 10.2. The number of anilines is 1. The molecule has 4 nitrogen and oxygen atoms in total. The molecule has 0 spiro atoms. The minimum absolute atomic E-state index is 0.352. The van der Waals surface area contributed by atoms with Gasteiger partial charge >= 0.3 is 0 Å². The number of hydrogen-bond donors (Lipinski definition) is 1. The molecule has 66 valence electrons. The first-order chi connectivity index (χ1) is 6.25. The Morgan fingerprint density at radius 3 is 2.77 bits per heavy atom. The van der Waals surface area contributed by atoms with Crippen LogP contribution in [0.5, 0.6) is 0 Å². The quantitative estimate of drug-likeness (QED) is 0.707. The fraction of sp³-hybridized carbons (Fsp3) is 0. The van der Waals surface area contributed by atoms with Gasteiger partial charge in [-0.2, -0.15) is 0 Å². The second-order valence-electron chi connectivity index (χ2n) is 2.49. The van der Waals surface area contributed by atoms with E-state index in [0.717, 1.165) is 5.56 Å². The van der Waals surface area contributed by atoms with Crippen LogP contribution in [0.4, 0.5) is 5.82 Å². The van der Waals surface area contributed by atoms with Crippen molar-refractivity contribution in [3.8, 4) is 11.3 Å². The van der Waals surface area contributed by atoms with E-state index >= 15 is 0 Å². The van der Waals surface area contributed by atoms with E-state index in [2.05, 4.69) is 10.1 Å². The molecule has 0 aromatic carbocycles. The number of rotatable bonds is 1. The Balaban J connectivity index is 2.41. The van der Waals surface area contributed by atoms with Crippen molar-refractivity contribution in [1.82, 2.24) is 10.1 Å². The predicted molar refractivity (Wildman–Crippen MR) is 49.2 cm³/mol. The van der Waals surface area contributed by atoms with Crippen LogP contribution in [0, 0.1) is 0 Å². The second-order valence-corrected chi connectivity index (χ2v) is 2.87. The van der Waals surface area contributed by atoms with Crippen LogP contribution in [0.25, 0.3) is 11.3 Å². The highest BCUT2D eigenvalue weighted by atomic mass is 35.5. The summed E-state index contributed by atoms with van der Waals surface area (Å²) in [7, 11) is 0. The van der Waals surface area contributed by atoms with Crippen LogP contribution >= 0.6 is 11.6 Å². The zero-order valence-electron chi connectivity index (χ0n) is 6.57. The number of nitrogens with two attached hydrogens (primary N) is 1. The van der Waals surface area contributed by atoms with Crippen LogP contribution < -0.4 is 5.73 Å². The maximum absolute atomic E-state index is 5.62. The van der Waals surface area contributed by atoms with Gasteiger partial charge in [-0.3, -0.25) is 0 Å². The molecule has 0 fully saturated rings. The van der Waals surface area contributed by atoms with Crippen molar-refractivity contribution >= 4 is 17.4 Å². The van der Waals surface area contributed by atoms with Crippen molar-refractivity contribution in [2.45, 2.75) is 0 Å². The molecule has 2 rings (SSSR count). The highest BCUT2D eigenvalue weighted by molar-refractivity contribution is 6.29. The van der Waals surface area contributed by atoms with Gasteiger partial charge in [-0.15, -0.1) is 0 Å². The molecule has 0 amide bonds. The number of pyridine rings is 1. The molecule has 2 N–H and O–H groups in total. The summed E-state index contributed by atoms with van der Waals surface area (Å²) >= 11 is 5.62. The molecular weight excluding hydrogens is 190 g/mol. The molecule has 13 heavy (non-hydrogen) atoms. The first kappa shape index (κ1) is 8.07. The summed E-state index contributed by atoms with van der Waals surface area (Å²) in [6.45, 7) is 0. The molecule has 0 unspecified atom stereocenters. The Labute approximate surface area is 79.3 Å². The molecule has 2 heterocycles. The second kappa shape index (κ2) is 3.06. The van der Waals surface area contributed by atoms with Crippen LogP contribution in [-0.2, 0) is 0 Å². The van der Waals surface area contributed by atoms with Gasteiger partial charge in [0.25, 0.3) is 0 Å². The fourth-order valence-corrected chi connectivity index (χ4v) is 1.06. The van der Waals surface area contributed by atoms with Crippen LogP contribution in [0.3, 0.4) is 0 Å². The maximum Gasteiger partial charge on any atom is 0.170 e. The van der Waals surface area contributed by atoms with Gasteiger partial charge < -0.3 is 10.3 Å². The summed E-state index contributed by atoms with van der Waals surface area (Å²) in [6, 6.07) is 5.09. The number of aromatic nitrogens is 2. The van der Waals surface area contributed by atoms with Gasteiger partial charge in [0.2, 0.25) is 0 Å². The Bertz CT molecular complexity index is 410. The molecule has 2 aromatic heterocycles. The van der Waals surface area contributed by atoms with E-state index in [9.17, 15) is 0 Å². The van der Waals surface area contributed by atoms with Crippen LogP contribution in [0.15, 0.2) is 28.9 Å². The van der Waals surface area contributed by atoms with Gasteiger partial charge in [-0.1, -0.05) is 16.8 Å². The van der Waals surface area contributed by atoms with E-state index in [4.69, 9.17) is 21.9 Å². The van der Waals surface area contributed by atoms with Crippen molar-refractivity contribution < 1.29 is 4.52 Å². The van der Waals surface area contributed by atoms with Crippen molar-refractivity contribution in [2.75, 3.05) is 5.73 Å². The van der Waals surface area contributed by atoms with E-state index in [1.165, 1.54) is 0 Å². The average molecular weight is 196 g/mol. The van der Waals surface area contributed by atoms with Crippen molar-refractivity contribution in [3.05, 3.63) is 29.5 Å². The highest BCUT2D eigenvalue weighted by Crippen LogP contribution is 2.20. The van der Waals surface area contributed by atoms with Crippen molar-refractivity contribution in [1.29, 1.82) is 0 Å². The third kappa shape index (κ3) is 1.62. The van der Waals surface area contributed by atoms with Gasteiger partial charge in [-0.05, 0) is 12.1 Å². The molecule has 0 aliphatic rings. The van der Waals surface area contributed by atoms with E-state index in [-0.39, 0.29) is 0 Å². The number of halogens is 1. The largest absolute Gasteiger partial charge is 0.381 e. The third-order valence-corrected chi connectivity index (χ3v) is 1.76. The lowest BCUT2D eigenvalue weighted by molar-refractivity contribution is 0.435. The zero-order chi connectivity index (χ0) is 9.26. The molecule has 0 atom stereocenters. The smallest absolute Gasteiger partial charge is 0.170 e. The molecule has 5 heteroatoms. The number of nitrogen functional groups attached to an aromatic ring is 1. The van der Waals surface area contributed by atoms with Gasteiger partial charge in [0.15, 0.2) is 11.6 Å². The predicted octanol–water partition coefficient (Wildman–Crippen LogP) is 1.97. The minimum Gasteiger partial charge on any atom is -0.381 e. The standard InChI is InChI=1S/C8H6ClN3O/c9-7-2-1-5(4-11-7)6-3-8(10)12-13-6/h1-4H,(H2,10,12). The summed E-state index contributed by atoms with van der Waals surface area (Å²) in [5, 5.41) is 4.00. The third-order valence-electron chi connectivity index (χ3n) is 1.54. The Morgan fingerprint density at radius 2 is 2.23 bits per heavy atom. The van der Waals surface area contributed by atoms with Gasteiger partial charge in [0.05, 0.1) is 0 Å². The molecule has 0 aliphatic carbocycles. The van der Waals surface area contributed by atoms with Gasteiger partial charge in [0, 0.05) is 17.8 Å². The van der Waals surface area contributed by atoms with Crippen LogP contribution in [0.1, 0.15) is 0 Å². The van der Waals surface area contributed by atoms with E-state index in [1.807, 2.05) is 0 Å². The van der Waals surface area contributed by atoms with Crippen molar-refractivity contribution in [3.63, 3.8) is 0 Å². The van der Waals surface area contributed by atoms with E-state index < -0.39 is 0 Å². The Kier molecular flexibility index (Phi) is 1.90. The highest BCUT2D eigenvalue weighted by Gasteiger charge is 2.04. The molecule has 2 aromatic rings. The summed E-state index contributed by atoms with van der Waals surface area (Å²) in [5.41, 5.74) is 6.19. The number of hydrogen-bond acceptors (Lipinski definition) is 4. The Hall–Kier alpha value is -1.55. The molecule has 0 saturated carbocycles. The van der Waals surface area contributed by atoms with Gasteiger partial charge in [0.1, 0.15) is 5.15 Å². The molecule has 0 aliphatic heterocycles. The molecule has 0 saturated heterocycles. The lowest BCUT2D eigenvalue weighted by Crippen LogP contribution is -1.80. The lowest BCUT2D eigenvalue weighted by atomic mass is 10.2. The monoisotopic (exact) mass is 195 g/mol. The topological polar surface area (TPSA) is 64.9 Å².